The number of rotatable bonds is 5. The van der Waals surface area contributed by atoms with Crippen molar-refractivity contribution < 1.29 is 9.21 Å². The van der Waals surface area contributed by atoms with Gasteiger partial charge in [0.25, 0.3) is 5.91 Å². The molecule has 23 heavy (non-hydrogen) atoms. The molecule has 1 N–H and O–H groups in total. The molecule has 2 aromatic heterocycles. The molecule has 2 heterocycles. The zero-order chi connectivity index (χ0) is 16.2. The minimum atomic E-state index is -0.181. The van der Waals surface area contributed by atoms with Crippen LogP contribution >= 0.6 is 27.3 Å². The van der Waals surface area contributed by atoms with Crippen molar-refractivity contribution in [2.45, 2.75) is 0 Å². The number of carbonyl (C=O) groups is 1. The summed E-state index contributed by atoms with van der Waals surface area (Å²) in [4.78, 5) is 17.6. The number of thiazole rings is 1. The van der Waals surface area contributed by atoms with Crippen molar-refractivity contribution in [1.82, 2.24) is 10.3 Å². The molecule has 4 nitrogen and oxygen atoms in total. The maximum absolute atomic E-state index is 12.5. The molecule has 0 aliphatic heterocycles. The maximum atomic E-state index is 12.5. The Balaban J connectivity index is 2.02. The van der Waals surface area contributed by atoms with Gasteiger partial charge in [0.1, 0.15) is 4.88 Å². The van der Waals surface area contributed by atoms with Gasteiger partial charge >= 0.3 is 0 Å². The average Bonchev–Trinajstić information content (AvgIpc) is 3.22. The molecule has 0 atom stereocenters. The highest BCUT2D eigenvalue weighted by atomic mass is 79.9. The van der Waals surface area contributed by atoms with Crippen LogP contribution in [0, 0.1) is 0 Å². The van der Waals surface area contributed by atoms with Gasteiger partial charge in [-0.15, -0.1) is 11.3 Å². The predicted molar refractivity (Wildman–Crippen MR) is 95.7 cm³/mol. The van der Waals surface area contributed by atoms with Crippen LogP contribution in [-0.4, -0.2) is 17.4 Å². The molecule has 0 aliphatic carbocycles. The number of amides is 1. The molecular weight excluding hydrogens is 376 g/mol. The van der Waals surface area contributed by atoms with Gasteiger partial charge in [-0.25, -0.2) is 4.98 Å². The quantitative estimate of drug-likeness (QED) is 0.688. The summed E-state index contributed by atoms with van der Waals surface area (Å²) in [5.41, 5.74) is 1.55. The van der Waals surface area contributed by atoms with Gasteiger partial charge in [0.15, 0.2) is 10.8 Å². The lowest BCUT2D eigenvalue weighted by molar-refractivity contribution is 0.0962. The second-order valence-electron chi connectivity index (χ2n) is 4.74. The zero-order valence-electron chi connectivity index (χ0n) is 12.1. The van der Waals surface area contributed by atoms with Crippen LogP contribution in [-0.2, 0) is 0 Å². The Morgan fingerprint density at radius 2 is 2.04 bits per heavy atom. The van der Waals surface area contributed by atoms with Gasteiger partial charge in [0.2, 0.25) is 0 Å². The van der Waals surface area contributed by atoms with Crippen LogP contribution in [0.2, 0.25) is 0 Å². The minimum absolute atomic E-state index is 0.181. The first-order valence-corrected chi connectivity index (χ1v) is 8.47. The molecule has 0 aliphatic rings. The molecule has 6 heteroatoms. The summed E-state index contributed by atoms with van der Waals surface area (Å²) in [5, 5.41) is 3.50. The fourth-order valence-electron chi connectivity index (χ4n) is 2.03. The molecular formula is C17H13BrN2O2S. The second kappa shape index (κ2) is 6.93. The first kappa shape index (κ1) is 15.7. The van der Waals surface area contributed by atoms with E-state index in [1.54, 1.807) is 12.3 Å². The van der Waals surface area contributed by atoms with E-state index < -0.39 is 0 Å². The fourth-order valence-corrected chi connectivity index (χ4v) is 3.14. The number of nitrogens with one attached hydrogen (secondary N) is 1. The van der Waals surface area contributed by atoms with Crippen LogP contribution in [0.25, 0.3) is 22.0 Å². The van der Waals surface area contributed by atoms with Gasteiger partial charge < -0.3 is 9.73 Å². The average molecular weight is 389 g/mol. The van der Waals surface area contributed by atoms with Gasteiger partial charge in [-0.05, 0) is 12.1 Å². The highest BCUT2D eigenvalue weighted by molar-refractivity contribution is 9.11. The normalized spacial score (nSPS) is 10.5. The number of furan rings is 1. The molecule has 0 fully saturated rings. The fraction of sp³-hybridized carbons (Fsp3) is 0.0588. The summed E-state index contributed by atoms with van der Waals surface area (Å²) < 4.78 is 6.11. The second-order valence-corrected chi connectivity index (χ2v) is 6.86. The Kier molecular flexibility index (Phi) is 4.73. The van der Waals surface area contributed by atoms with E-state index in [2.05, 4.69) is 32.8 Å². The molecule has 3 rings (SSSR count). The van der Waals surface area contributed by atoms with Crippen LogP contribution < -0.4 is 5.32 Å². The molecule has 0 saturated carbocycles. The molecule has 0 saturated heterocycles. The van der Waals surface area contributed by atoms with Crippen molar-refractivity contribution in [2.75, 3.05) is 6.54 Å². The van der Waals surface area contributed by atoms with Crippen molar-refractivity contribution in [3.8, 4) is 22.0 Å². The van der Waals surface area contributed by atoms with Gasteiger partial charge in [-0.2, -0.15) is 0 Å². The summed E-state index contributed by atoms with van der Waals surface area (Å²) in [7, 11) is 0. The van der Waals surface area contributed by atoms with E-state index in [0.717, 1.165) is 5.56 Å². The van der Waals surface area contributed by atoms with E-state index >= 15 is 0 Å². The Labute approximate surface area is 146 Å². The van der Waals surface area contributed by atoms with Crippen LogP contribution in [0.1, 0.15) is 9.67 Å². The van der Waals surface area contributed by atoms with E-state index in [0.29, 0.717) is 32.4 Å². The summed E-state index contributed by atoms with van der Waals surface area (Å²) >= 11 is 4.55. The lowest BCUT2D eigenvalue weighted by atomic mass is 10.1. The predicted octanol–water partition coefficient (Wildman–Crippen LogP) is 4.71. The number of benzene rings is 1. The van der Waals surface area contributed by atoms with E-state index in [4.69, 9.17) is 4.42 Å². The number of aromatic nitrogens is 1. The smallest absolute Gasteiger partial charge is 0.263 e. The van der Waals surface area contributed by atoms with Crippen molar-refractivity contribution in [1.29, 1.82) is 0 Å². The summed E-state index contributed by atoms with van der Waals surface area (Å²) in [6.45, 7) is 4.08. The van der Waals surface area contributed by atoms with Gasteiger partial charge in [0, 0.05) is 16.6 Å². The van der Waals surface area contributed by atoms with Gasteiger partial charge in [-0.3, -0.25) is 4.79 Å². The van der Waals surface area contributed by atoms with E-state index in [1.807, 2.05) is 36.4 Å². The molecule has 0 unspecified atom stereocenters. The van der Waals surface area contributed by atoms with Crippen molar-refractivity contribution in [3.05, 3.63) is 64.7 Å². The van der Waals surface area contributed by atoms with Crippen LogP contribution in [0.4, 0.5) is 0 Å². The SMILES string of the molecule is C=C(Br)CNC(=O)c1sc(-c2ccco2)nc1-c1ccccc1. The Hall–Kier alpha value is -2.18. The standard InChI is InChI=1S/C17H13BrN2O2S/c1-11(18)10-19-16(21)15-14(12-6-3-2-4-7-12)20-17(23-15)13-8-5-9-22-13/h2-9H,1,10H2,(H,19,21). The Morgan fingerprint density at radius 1 is 1.26 bits per heavy atom. The third-order valence-electron chi connectivity index (χ3n) is 3.05. The van der Waals surface area contributed by atoms with E-state index in [1.165, 1.54) is 11.3 Å². The molecule has 3 aromatic rings. The van der Waals surface area contributed by atoms with Crippen LogP contribution in [0.15, 0.2) is 64.2 Å². The van der Waals surface area contributed by atoms with Crippen LogP contribution in [0.5, 0.6) is 0 Å². The van der Waals surface area contributed by atoms with Crippen molar-refractivity contribution in [2.24, 2.45) is 0 Å². The molecule has 1 amide bonds. The third-order valence-corrected chi connectivity index (χ3v) is 4.40. The molecule has 0 radical (unpaired) electrons. The minimum Gasteiger partial charge on any atom is -0.462 e. The largest absolute Gasteiger partial charge is 0.462 e. The van der Waals surface area contributed by atoms with Crippen molar-refractivity contribution in [3.63, 3.8) is 0 Å². The Bertz CT molecular complexity index is 826. The van der Waals surface area contributed by atoms with E-state index in [-0.39, 0.29) is 5.91 Å². The first-order chi connectivity index (χ1) is 11.1. The number of hydrogen-bond donors (Lipinski definition) is 1. The van der Waals surface area contributed by atoms with Crippen molar-refractivity contribution >= 4 is 33.2 Å². The number of nitrogens with zero attached hydrogens (tertiary/aromatic N) is 1. The Morgan fingerprint density at radius 3 is 2.70 bits per heavy atom. The molecule has 116 valence electrons. The maximum Gasteiger partial charge on any atom is 0.263 e. The topological polar surface area (TPSA) is 55.1 Å². The highest BCUT2D eigenvalue weighted by Crippen LogP contribution is 2.34. The monoisotopic (exact) mass is 388 g/mol. The summed E-state index contributed by atoms with van der Waals surface area (Å²) in [6.07, 6.45) is 1.59. The lowest BCUT2D eigenvalue weighted by Crippen LogP contribution is -2.24. The molecule has 0 bridgehead atoms. The first-order valence-electron chi connectivity index (χ1n) is 6.87. The lowest BCUT2D eigenvalue weighted by Gasteiger charge is -2.04. The van der Waals surface area contributed by atoms with Gasteiger partial charge in [0.05, 0.1) is 12.0 Å². The van der Waals surface area contributed by atoms with Crippen LogP contribution in [0.3, 0.4) is 0 Å². The third kappa shape index (κ3) is 3.60. The zero-order valence-corrected chi connectivity index (χ0v) is 14.5. The highest BCUT2D eigenvalue weighted by Gasteiger charge is 2.21. The van der Waals surface area contributed by atoms with E-state index in [9.17, 15) is 4.79 Å². The summed E-state index contributed by atoms with van der Waals surface area (Å²) in [5.74, 6) is 0.468. The molecule has 1 aromatic carbocycles. The summed E-state index contributed by atoms with van der Waals surface area (Å²) in [6, 6.07) is 13.3. The number of hydrogen-bond acceptors (Lipinski definition) is 4. The van der Waals surface area contributed by atoms with Gasteiger partial charge in [-0.1, -0.05) is 52.8 Å². The number of carbonyl (C=O) groups excluding carboxylic acids is 1. The number of halogens is 1. The molecule has 0 spiro atoms.